The molecule has 2 aromatic carbocycles. The zero-order chi connectivity index (χ0) is 20.2. The van der Waals surface area contributed by atoms with Gasteiger partial charge in [-0.1, -0.05) is 0 Å². The third-order valence-electron chi connectivity index (χ3n) is 3.19. The van der Waals surface area contributed by atoms with Gasteiger partial charge >= 0.3 is 6.09 Å². The van der Waals surface area contributed by atoms with E-state index in [1.165, 1.54) is 25.3 Å². The molecule has 7 nitrogen and oxygen atoms in total. The monoisotopic (exact) mass is 504 g/mol. The van der Waals surface area contributed by atoms with Crippen LogP contribution in [-0.2, 0) is 14.8 Å². The van der Waals surface area contributed by atoms with Gasteiger partial charge in [-0.25, -0.2) is 13.2 Å². The first-order valence-electron chi connectivity index (χ1n) is 7.96. The molecule has 1 amide bonds. The van der Waals surface area contributed by atoms with Gasteiger partial charge in [0.05, 0.1) is 7.11 Å². The fraction of sp³-hybridized carbons (Fsp3) is 0.278. The lowest BCUT2D eigenvalue weighted by Crippen LogP contribution is -2.27. The summed E-state index contributed by atoms with van der Waals surface area (Å²) in [4.78, 5) is 11.8. The van der Waals surface area contributed by atoms with Crippen LogP contribution in [0.1, 0.15) is 20.8 Å². The van der Waals surface area contributed by atoms with E-state index in [2.05, 4.69) is 32.6 Å². The SMILES string of the molecule is COc1ccc(NC(=O)OC(C)(C)C)cc1S(=O)(=O)Nc1ccc(I)cc1. The Labute approximate surface area is 172 Å². The van der Waals surface area contributed by atoms with Crippen molar-refractivity contribution >= 4 is 50.1 Å². The number of sulfonamides is 1. The summed E-state index contributed by atoms with van der Waals surface area (Å²) in [6.45, 7) is 5.21. The van der Waals surface area contributed by atoms with Crippen LogP contribution in [0.5, 0.6) is 5.75 Å². The Morgan fingerprint density at radius 2 is 1.63 bits per heavy atom. The van der Waals surface area contributed by atoms with Gasteiger partial charge in [0.2, 0.25) is 0 Å². The van der Waals surface area contributed by atoms with E-state index < -0.39 is 21.7 Å². The highest BCUT2D eigenvalue weighted by Gasteiger charge is 2.22. The molecule has 146 valence electrons. The van der Waals surface area contributed by atoms with Gasteiger partial charge in [-0.3, -0.25) is 10.0 Å². The molecular weight excluding hydrogens is 483 g/mol. The molecule has 0 aromatic heterocycles. The van der Waals surface area contributed by atoms with E-state index in [0.29, 0.717) is 5.69 Å². The molecular formula is C18H21IN2O5S. The summed E-state index contributed by atoms with van der Waals surface area (Å²) in [5.74, 6) is 0.155. The summed E-state index contributed by atoms with van der Waals surface area (Å²) in [5, 5.41) is 2.52. The number of anilines is 2. The molecule has 0 aliphatic rings. The summed E-state index contributed by atoms with van der Waals surface area (Å²) in [6.07, 6.45) is -0.679. The fourth-order valence-corrected chi connectivity index (χ4v) is 3.73. The average molecular weight is 504 g/mol. The van der Waals surface area contributed by atoms with Crippen LogP contribution in [0.3, 0.4) is 0 Å². The number of methoxy groups -OCH3 is 1. The van der Waals surface area contributed by atoms with Crippen LogP contribution in [0.2, 0.25) is 0 Å². The smallest absolute Gasteiger partial charge is 0.412 e. The van der Waals surface area contributed by atoms with Crippen LogP contribution < -0.4 is 14.8 Å². The van der Waals surface area contributed by atoms with Crippen molar-refractivity contribution in [3.05, 3.63) is 46.0 Å². The van der Waals surface area contributed by atoms with E-state index in [1.807, 2.05) is 0 Å². The van der Waals surface area contributed by atoms with Gasteiger partial charge in [0.25, 0.3) is 10.0 Å². The van der Waals surface area contributed by atoms with Gasteiger partial charge < -0.3 is 9.47 Å². The van der Waals surface area contributed by atoms with Crippen molar-refractivity contribution in [2.45, 2.75) is 31.3 Å². The first kappa shape index (κ1) is 21.3. The molecule has 0 fully saturated rings. The van der Waals surface area contributed by atoms with Gasteiger partial charge in [0, 0.05) is 14.9 Å². The molecule has 0 spiro atoms. The van der Waals surface area contributed by atoms with Crippen molar-refractivity contribution in [1.29, 1.82) is 0 Å². The van der Waals surface area contributed by atoms with Crippen LogP contribution in [-0.4, -0.2) is 27.2 Å². The van der Waals surface area contributed by atoms with Crippen LogP contribution in [0.4, 0.5) is 16.2 Å². The highest BCUT2D eigenvalue weighted by molar-refractivity contribution is 14.1. The Morgan fingerprint density at radius 3 is 2.19 bits per heavy atom. The maximum Gasteiger partial charge on any atom is 0.412 e. The molecule has 0 saturated heterocycles. The Morgan fingerprint density at radius 1 is 1.04 bits per heavy atom. The second-order valence-electron chi connectivity index (χ2n) is 6.60. The van der Waals surface area contributed by atoms with E-state index in [-0.39, 0.29) is 16.3 Å². The molecule has 0 atom stereocenters. The highest BCUT2D eigenvalue weighted by atomic mass is 127. The zero-order valence-electron chi connectivity index (χ0n) is 15.4. The number of hydrogen-bond donors (Lipinski definition) is 2. The lowest BCUT2D eigenvalue weighted by molar-refractivity contribution is 0.0636. The van der Waals surface area contributed by atoms with E-state index >= 15 is 0 Å². The van der Waals surface area contributed by atoms with Crippen molar-refractivity contribution < 1.29 is 22.7 Å². The number of hydrogen-bond acceptors (Lipinski definition) is 5. The Hall–Kier alpha value is -2.01. The van der Waals surface area contributed by atoms with E-state index in [0.717, 1.165) is 3.57 Å². The third kappa shape index (κ3) is 6.28. The Kier molecular flexibility index (Phi) is 6.58. The average Bonchev–Trinajstić information content (AvgIpc) is 2.55. The van der Waals surface area contributed by atoms with Crippen molar-refractivity contribution in [3.63, 3.8) is 0 Å². The van der Waals surface area contributed by atoms with Crippen molar-refractivity contribution in [2.75, 3.05) is 17.1 Å². The Bertz CT molecular complexity index is 922. The summed E-state index contributed by atoms with van der Waals surface area (Å²) < 4.78 is 39.4. The van der Waals surface area contributed by atoms with E-state index in [9.17, 15) is 13.2 Å². The number of amides is 1. The second-order valence-corrected chi connectivity index (χ2v) is 9.50. The molecule has 0 aliphatic carbocycles. The summed E-state index contributed by atoms with van der Waals surface area (Å²) in [5.41, 5.74) is 0.0219. The fourth-order valence-electron chi connectivity index (χ4n) is 2.11. The van der Waals surface area contributed by atoms with Crippen LogP contribution in [0.25, 0.3) is 0 Å². The topological polar surface area (TPSA) is 93.7 Å². The largest absolute Gasteiger partial charge is 0.495 e. The number of halogens is 1. The van der Waals surface area contributed by atoms with Gasteiger partial charge in [-0.15, -0.1) is 0 Å². The summed E-state index contributed by atoms with van der Waals surface area (Å²) >= 11 is 2.13. The third-order valence-corrected chi connectivity index (χ3v) is 5.32. The minimum atomic E-state index is -3.93. The minimum absolute atomic E-state index is 0.0999. The number of carbonyl (C=O) groups excluding carboxylic acids is 1. The lowest BCUT2D eigenvalue weighted by Gasteiger charge is -2.20. The van der Waals surface area contributed by atoms with Crippen LogP contribution >= 0.6 is 22.6 Å². The quantitative estimate of drug-likeness (QED) is 0.588. The van der Waals surface area contributed by atoms with E-state index in [1.54, 1.807) is 45.0 Å². The molecule has 0 unspecified atom stereocenters. The van der Waals surface area contributed by atoms with Gasteiger partial charge in [0.15, 0.2) is 0 Å². The van der Waals surface area contributed by atoms with E-state index in [4.69, 9.17) is 9.47 Å². The normalized spacial score (nSPS) is 11.6. The highest BCUT2D eigenvalue weighted by Crippen LogP contribution is 2.29. The number of ether oxygens (including phenoxy) is 2. The molecule has 2 rings (SSSR count). The predicted octanol–water partition coefficient (Wildman–Crippen LogP) is 4.45. The number of benzene rings is 2. The van der Waals surface area contributed by atoms with Crippen molar-refractivity contribution in [3.8, 4) is 5.75 Å². The molecule has 0 aliphatic heterocycles. The second kappa shape index (κ2) is 8.34. The number of nitrogens with one attached hydrogen (secondary N) is 2. The summed E-state index contributed by atoms with van der Waals surface area (Å²) in [6, 6.07) is 11.2. The molecule has 0 saturated carbocycles. The molecule has 27 heavy (non-hydrogen) atoms. The van der Waals surface area contributed by atoms with Crippen LogP contribution in [0.15, 0.2) is 47.4 Å². The first-order chi connectivity index (χ1) is 12.5. The molecule has 0 radical (unpaired) electrons. The number of carbonyl (C=O) groups is 1. The Balaban J connectivity index is 2.30. The maximum absolute atomic E-state index is 12.8. The predicted molar refractivity (Wildman–Crippen MR) is 113 cm³/mol. The minimum Gasteiger partial charge on any atom is -0.495 e. The van der Waals surface area contributed by atoms with Gasteiger partial charge in [-0.2, -0.15) is 0 Å². The maximum atomic E-state index is 12.8. The van der Waals surface area contributed by atoms with Crippen molar-refractivity contribution in [1.82, 2.24) is 0 Å². The molecule has 2 aromatic rings. The number of rotatable bonds is 5. The first-order valence-corrected chi connectivity index (χ1v) is 10.5. The van der Waals surface area contributed by atoms with Crippen LogP contribution in [0, 0.1) is 3.57 Å². The summed E-state index contributed by atoms with van der Waals surface area (Å²) in [7, 11) is -2.56. The molecule has 9 heteroatoms. The molecule has 2 N–H and O–H groups in total. The molecule has 0 bridgehead atoms. The zero-order valence-corrected chi connectivity index (χ0v) is 18.3. The lowest BCUT2D eigenvalue weighted by atomic mass is 10.2. The van der Waals surface area contributed by atoms with Gasteiger partial charge in [-0.05, 0) is 85.8 Å². The standard InChI is InChI=1S/C18H21IN2O5S/c1-18(2,3)26-17(22)20-14-9-10-15(25-4)16(11-14)27(23,24)21-13-7-5-12(19)6-8-13/h5-11,21H,1-4H3,(H,20,22). The van der Waals surface area contributed by atoms with Gasteiger partial charge in [0.1, 0.15) is 16.2 Å². The molecule has 0 heterocycles. The van der Waals surface area contributed by atoms with Crippen molar-refractivity contribution in [2.24, 2.45) is 0 Å².